The Balaban J connectivity index is 2.58. The minimum absolute atomic E-state index is 0.126. The Morgan fingerprint density at radius 3 is 2.00 bits per heavy atom. The Labute approximate surface area is 131 Å². The van der Waals surface area contributed by atoms with E-state index in [0.717, 1.165) is 18.4 Å². The molecule has 0 aromatic rings. The lowest BCUT2D eigenvalue weighted by atomic mass is 9.98. The quantitative estimate of drug-likeness (QED) is 0.402. The maximum atomic E-state index is 5.99. The summed E-state index contributed by atoms with van der Waals surface area (Å²) in [5, 5.41) is 0. The van der Waals surface area contributed by atoms with Gasteiger partial charge in [0, 0.05) is 25.9 Å². The topological polar surface area (TPSA) is 40.2 Å². The molecule has 0 aromatic heterocycles. The molecule has 4 nitrogen and oxygen atoms in total. The van der Waals surface area contributed by atoms with Crippen LogP contribution in [0.4, 0.5) is 0 Å². The molecular formula is C16H34O4Si. The molecule has 0 N–H and O–H groups in total. The van der Waals surface area contributed by atoms with Crippen LogP contribution in [0, 0.1) is 5.92 Å². The molecule has 1 heterocycles. The lowest BCUT2D eigenvalue weighted by Crippen LogP contribution is -2.49. The molecule has 0 spiro atoms. The van der Waals surface area contributed by atoms with Crippen molar-refractivity contribution >= 4 is 8.80 Å². The van der Waals surface area contributed by atoms with Crippen molar-refractivity contribution in [2.45, 2.75) is 78.6 Å². The minimum atomic E-state index is -2.60. The molecule has 0 aromatic carbocycles. The molecule has 1 saturated heterocycles. The van der Waals surface area contributed by atoms with Crippen LogP contribution < -0.4 is 0 Å². The molecule has 0 amide bonds. The molecule has 3 unspecified atom stereocenters. The molecule has 21 heavy (non-hydrogen) atoms. The van der Waals surface area contributed by atoms with Crippen LogP contribution in [0.15, 0.2) is 0 Å². The summed E-state index contributed by atoms with van der Waals surface area (Å²) in [6.45, 7) is 14.6. The van der Waals surface area contributed by atoms with Gasteiger partial charge in [0.25, 0.3) is 0 Å². The normalized spacial score (nSPS) is 26.9. The summed E-state index contributed by atoms with van der Waals surface area (Å²) in [6.07, 6.45) is 3.92. The van der Waals surface area contributed by atoms with E-state index < -0.39 is 8.80 Å². The van der Waals surface area contributed by atoms with Crippen molar-refractivity contribution in [3.05, 3.63) is 0 Å². The van der Waals surface area contributed by atoms with E-state index in [2.05, 4.69) is 20.8 Å². The highest BCUT2D eigenvalue weighted by Crippen LogP contribution is 2.46. The highest BCUT2D eigenvalue weighted by molar-refractivity contribution is 6.61. The summed E-state index contributed by atoms with van der Waals surface area (Å²) in [6, 6.07) is 0.765. The lowest BCUT2D eigenvalue weighted by molar-refractivity contribution is 0.0653. The fraction of sp³-hybridized carbons (Fsp3) is 1.00. The van der Waals surface area contributed by atoms with E-state index in [1.54, 1.807) is 0 Å². The standard InChI is InChI=1S/C16H34O4Si/c1-7-14(5)11-12-15-16(6,20-15)13-21(17-8-2,18-9-3)19-10-4/h14-15H,7-13H2,1-6H3. The predicted molar refractivity (Wildman–Crippen MR) is 87.4 cm³/mol. The zero-order valence-corrected chi connectivity index (χ0v) is 15.7. The van der Waals surface area contributed by atoms with Gasteiger partial charge in [-0.25, -0.2) is 0 Å². The van der Waals surface area contributed by atoms with Crippen LogP contribution in [0.3, 0.4) is 0 Å². The predicted octanol–water partition coefficient (Wildman–Crippen LogP) is 4.02. The lowest BCUT2D eigenvalue weighted by Gasteiger charge is -2.30. The summed E-state index contributed by atoms with van der Waals surface area (Å²) in [7, 11) is -2.60. The first-order valence-electron chi connectivity index (χ1n) is 8.54. The van der Waals surface area contributed by atoms with Crippen molar-refractivity contribution in [3.8, 4) is 0 Å². The summed E-state index contributed by atoms with van der Waals surface area (Å²) < 4.78 is 23.8. The van der Waals surface area contributed by atoms with Crippen LogP contribution in [-0.4, -0.2) is 40.3 Å². The van der Waals surface area contributed by atoms with Crippen molar-refractivity contribution in [1.82, 2.24) is 0 Å². The molecule has 3 atom stereocenters. The van der Waals surface area contributed by atoms with Crippen LogP contribution >= 0.6 is 0 Å². The molecule has 1 fully saturated rings. The van der Waals surface area contributed by atoms with Crippen molar-refractivity contribution in [3.63, 3.8) is 0 Å². The van der Waals surface area contributed by atoms with Gasteiger partial charge in [-0.15, -0.1) is 0 Å². The SMILES string of the molecule is CCO[Si](CC1(C)OC1CCC(C)CC)(OCC)OCC. The average molecular weight is 319 g/mol. The molecular weight excluding hydrogens is 284 g/mol. The van der Waals surface area contributed by atoms with Crippen LogP contribution in [0.2, 0.25) is 6.04 Å². The maximum Gasteiger partial charge on any atom is 0.503 e. The summed E-state index contributed by atoms with van der Waals surface area (Å²) in [4.78, 5) is 0. The Morgan fingerprint density at radius 2 is 1.57 bits per heavy atom. The van der Waals surface area contributed by atoms with Gasteiger partial charge in [0.05, 0.1) is 11.7 Å². The zero-order valence-electron chi connectivity index (χ0n) is 14.7. The van der Waals surface area contributed by atoms with Gasteiger partial charge < -0.3 is 18.0 Å². The summed E-state index contributed by atoms with van der Waals surface area (Å²) >= 11 is 0. The first-order chi connectivity index (χ1) is 9.95. The monoisotopic (exact) mass is 318 g/mol. The first kappa shape index (κ1) is 19.1. The molecule has 0 radical (unpaired) electrons. The highest BCUT2D eigenvalue weighted by Gasteiger charge is 2.59. The van der Waals surface area contributed by atoms with Crippen LogP contribution in [0.25, 0.3) is 0 Å². The van der Waals surface area contributed by atoms with Crippen molar-refractivity contribution in [2.75, 3.05) is 19.8 Å². The van der Waals surface area contributed by atoms with Gasteiger partial charge in [-0.2, -0.15) is 0 Å². The van der Waals surface area contributed by atoms with E-state index in [-0.39, 0.29) is 5.60 Å². The molecule has 126 valence electrons. The van der Waals surface area contributed by atoms with Gasteiger partial charge in [0.2, 0.25) is 0 Å². The van der Waals surface area contributed by atoms with Crippen molar-refractivity contribution in [2.24, 2.45) is 5.92 Å². The smallest absolute Gasteiger partial charge is 0.374 e. The van der Waals surface area contributed by atoms with Crippen molar-refractivity contribution < 1.29 is 18.0 Å². The number of hydrogen-bond acceptors (Lipinski definition) is 4. The Bertz CT molecular complexity index is 283. The van der Waals surface area contributed by atoms with Gasteiger partial charge in [0.1, 0.15) is 0 Å². The van der Waals surface area contributed by atoms with E-state index in [4.69, 9.17) is 18.0 Å². The number of ether oxygens (including phenoxy) is 1. The van der Waals surface area contributed by atoms with E-state index in [1.807, 2.05) is 20.8 Å². The number of rotatable bonds is 12. The maximum absolute atomic E-state index is 5.99. The second kappa shape index (κ2) is 8.63. The van der Waals surface area contributed by atoms with Crippen LogP contribution in [0.5, 0.6) is 0 Å². The van der Waals surface area contributed by atoms with Gasteiger partial charge in [0.15, 0.2) is 0 Å². The number of hydrogen-bond donors (Lipinski definition) is 0. The molecule has 1 aliphatic rings. The zero-order chi connectivity index (χ0) is 15.9. The van der Waals surface area contributed by atoms with E-state index in [0.29, 0.717) is 25.9 Å². The van der Waals surface area contributed by atoms with Crippen LogP contribution in [-0.2, 0) is 18.0 Å². The van der Waals surface area contributed by atoms with Gasteiger partial charge in [-0.1, -0.05) is 20.3 Å². The Hall–Kier alpha value is 0.0569. The first-order valence-corrected chi connectivity index (χ1v) is 10.5. The summed E-state index contributed by atoms with van der Waals surface area (Å²) in [5.41, 5.74) is -0.126. The Kier molecular flexibility index (Phi) is 7.85. The molecule has 0 bridgehead atoms. The molecule has 1 aliphatic heterocycles. The fourth-order valence-corrected chi connectivity index (χ4v) is 5.86. The van der Waals surface area contributed by atoms with E-state index in [9.17, 15) is 0 Å². The molecule has 0 aliphatic carbocycles. The fourth-order valence-electron chi connectivity index (χ4n) is 2.82. The van der Waals surface area contributed by atoms with Crippen LogP contribution in [0.1, 0.15) is 60.8 Å². The van der Waals surface area contributed by atoms with Crippen molar-refractivity contribution in [1.29, 1.82) is 0 Å². The van der Waals surface area contributed by atoms with Gasteiger partial charge >= 0.3 is 8.80 Å². The third-order valence-corrected chi connectivity index (χ3v) is 7.63. The van der Waals surface area contributed by atoms with E-state index in [1.165, 1.54) is 12.8 Å². The second-order valence-corrected chi connectivity index (χ2v) is 8.75. The van der Waals surface area contributed by atoms with Gasteiger partial charge in [-0.3, -0.25) is 0 Å². The minimum Gasteiger partial charge on any atom is -0.374 e. The molecule has 5 heteroatoms. The molecule has 0 saturated carbocycles. The second-order valence-electron chi connectivity index (χ2n) is 6.17. The molecule has 1 rings (SSSR count). The average Bonchev–Trinajstić information content (AvgIpc) is 3.06. The highest BCUT2D eigenvalue weighted by atomic mass is 28.4. The third kappa shape index (κ3) is 5.64. The number of epoxide rings is 1. The Morgan fingerprint density at radius 1 is 1.05 bits per heavy atom. The largest absolute Gasteiger partial charge is 0.503 e. The third-order valence-electron chi connectivity index (χ3n) is 4.31. The van der Waals surface area contributed by atoms with Gasteiger partial charge in [-0.05, 0) is 46.5 Å². The van der Waals surface area contributed by atoms with E-state index >= 15 is 0 Å². The summed E-state index contributed by atoms with van der Waals surface area (Å²) in [5.74, 6) is 0.770.